The van der Waals surface area contributed by atoms with E-state index in [1.807, 2.05) is 6.07 Å². The fourth-order valence-corrected chi connectivity index (χ4v) is 2.96. The Morgan fingerprint density at radius 2 is 1.92 bits per heavy atom. The number of ether oxygens (including phenoxy) is 2. The molecule has 2 aromatic heterocycles. The second-order valence-electron chi connectivity index (χ2n) is 5.13. The highest BCUT2D eigenvalue weighted by molar-refractivity contribution is 8.00. The maximum Gasteiger partial charge on any atom is 0.316 e. The van der Waals surface area contributed by atoms with Crippen LogP contribution >= 0.6 is 11.8 Å². The molecule has 0 aliphatic rings. The molecule has 25 heavy (non-hydrogen) atoms. The number of thioether (sulfide) groups is 1. The zero-order chi connectivity index (χ0) is 18.0. The summed E-state index contributed by atoms with van der Waals surface area (Å²) in [4.78, 5) is 11.0. The van der Waals surface area contributed by atoms with Crippen molar-refractivity contribution in [3.05, 3.63) is 30.3 Å². The van der Waals surface area contributed by atoms with Gasteiger partial charge in [0.05, 0.1) is 14.2 Å². The van der Waals surface area contributed by atoms with Crippen LogP contribution in [0.4, 0.5) is 0 Å². The molecule has 3 rings (SSSR count). The average molecular weight is 360 g/mol. The van der Waals surface area contributed by atoms with Crippen molar-refractivity contribution in [2.24, 2.45) is 0 Å². The fraction of sp³-hybridized carbons (Fsp3) is 0.250. The molecule has 1 N–H and O–H groups in total. The number of aliphatic carboxylic acids is 1. The highest BCUT2D eigenvalue weighted by atomic mass is 32.2. The van der Waals surface area contributed by atoms with Crippen LogP contribution < -0.4 is 9.47 Å². The zero-order valence-electron chi connectivity index (χ0n) is 13.8. The molecular weight excluding hydrogens is 344 g/mol. The van der Waals surface area contributed by atoms with Crippen LogP contribution in [0.1, 0.15) is 6.92 Å². The molecule has 3 aromatic rings. The number of carboxylic acid groups (broad SMARTS) is 1. The second kappa shape index (κ2) is 6.98. The van der Waals surface area contributed by atoms with Crippen LogP contribution in [0.15, 0.2) is 35.4 Å². The molecule has 0 radical (unpaired) electrons. The van der Waals surface area contributed by atoms with Crippen molar-refractivity contribution in [2.45, 2.75) is 17.2 Å². The van der Waals surface area contributed by atoms with Crippen molar-refractivity contribution >= 4 is 23.4 Å². The number of benzene rings is 1. The Morgan fingerprint density at radius 3 is 2.60 bits per heavy atom. The van der Waals surface area contributed by atoms with E-state index < -0.39 is 11.2 Å². The SMILES string of the molecule is COc1ccc(-c2nnc3ccc(SC(C)C(=O)O)nn23)cc1OC. The van der Waals surface area contributed by atoms with Crippen LogP contribution in [0.3, 0.4) is 0 Å². The van der Waals surface area contributed by atoms with Crippen molar-refractivity contribution in [2.75, 3.05) is 14.2 Å². The van der Waals surface area contributed by atoms with E-state index in [0.717, 1.165) is 17.3 Å². The Balaban J connectivity index is 2.03. The highest BCUT2D eigenvalue weighted by Crippen LogP contribution is 2.32. The summed E-state index contributed by atoms with van der Waals surface area (Å²) in [6, 6.07) is 8.88. The van der Waals surface area contributed by atoms with Gasteiger partial charge in [0.15, 0.2) is 23.0 Å². The van der Waals surface area contributed by atoms with Gasteiger partial charge in [0.1, 0.15) is 10.3 Å². The first-order chi connectivity index (χ1) is 12.0. The zero-order valence-corrected chi connectivity index (χ0v) is 14.6. The van der Waals surface area contributed by atoms with Gasteiger partial charge in [-0.15, -0.1) is 10.2 Å². The number of carbonyl (C=O) groups is 1. The topological polar surface area (TPSA) is 98.8 Å². The standard InChI is InChI=1S/C16H16N4O4S/c1-9(16(21)22)25-14-7-6-13-17-18-15(20(13)19-14)10-4-5-11(23-2)12(8-10)24-3/h4-9H,1-3H3,(H,21,22). The lowest BCUT2D eigenvalue weighted by molar-refractivity contribution is -0.136. The minimum Gasteiger partial charge on any atom is -0.493 e. The fourth-order valence-electron chi connectivity index (χ4n) is 2.22. The Labute approximate surface area is 147 Å². The number of nitrogens with zero attached hydrogens (tertiary/aromatic N) is 4. The maximum absolute atomic E-state index is 11.0. The Bertz CT molecular complexity index is 928. The van der Waals surface area contributed by atoms with E-state index in [0.29, 0.717) is 28.0 Å². The third-order valence-electron chi connectivity index (χ3n) is 3.53. The smallest absolute Gasteiger partial charge is 0.316 e. The second-order valence-corrected chi connectivity index (χ2v) is 6.49. The first kappa shape index (κ1) is 17.0. The number of fused-ring (bicyclic) bond motifs is 1. The third kappa shape index (κ3) is 3.36. The van der Waals surface area contributed by atoms with Gasteiger partial charge in [-0.1, -0.05) is 11.8 Å². The predicted molar refractivity (Wildman–Crippen MR) is 92.3 cm³/mol. The molecule has 0 saturated carbocycles. The molecule has 0 aliphatic heterocycles. The van der Waals surface area contributed by atoms with E-state index in [1.165, 1.54) is 0 Å². The van der Waals surface area contributed by atoms with Gasteiger partial charge in [0, 0.05) is 5.56 Å². The lowest BCUT2D eigenvalue weighted by Crippen LogP contribution is -2.11. The molecule has 0 bridgehead atoms. The Morgan fingerprint density at radius 1 is 1.16 bits per heavy atom. The molecule has 1 aromatic carbocycles. The lowest BCUT2D eigenvalue weighted by Gasteiger charge is -2.09. The summed E-state index contributed by atoms with van der Waals surface area (Å²) in [5, 5.41) is 21.8. The molecule has 1 unspecified atom stereocenters. The number of methoxy groups -OCH3 is 2. The van der Waals surface area contributed by atoms with Gasteiger partial charge in [0.25, 0.3) is 0 Å². The summed E-state index contributed by atoms with van der Waals surface area (Å²) in [6.07, 6.45) is 0. The van der Waals surface area contributed by atoms with Crippen molar-refractivity contribution in [3.8, 4) is 22.9 Å². The number of aromatic nitrogens is 4. The molecular formula is C16H16N4O4S. The van der Waals surface area contributed by atoms with E-state index >= 15 is 0 Å². The highest BCUT2D eigenvalue weighted by Gasteiger charge is 2.16. The molecule has 0 fully saturated rings. The molecule has 0 aliphatic carbocycles. The minimum atomic E-state index is -0.893. The van der Waals surface area contributed by atoms with Gasteiger partial charge >= 0.3 is 5.97 Å². The summed E-state index contributed by atoms with van der Waals surface area (Å²) >= 11 is 1.16. The van der Waals surface area contributed by atoms with Gasteiger partial charge in [-0.05, 0) is 37.3 Å². The van der Waals surface area contributed by atoms with Gasteiger partial charge in [0.2, 0.25) is 0 Å². The predicted octanol–water partition coefficient (Wildman–Crippen LogP) is 2.37. The Hall–Kier alpha value is -2.81. The van der Waals surface area contributed by atoms with Crippen LogP contribution in [0, 0.1) is 0 Å². The molecule has 0 saturated heterocycles. The van der Waals surface area contributed by atoms with Crippen LogP contribution in [0.2, 0.25) is 0 Å². The first-order valence-electron chi connectivity index (χ1n) is 7.38. The van der Waals surface area contributed by atoms with E-state index in [-0.39, 0.29) is 0 Å². The molecule has 9 heteroatoms. The van der Waals surface area contributed by atoms with E-state index in [1.54, 1.807) is 49.9 Å². The van der Waals surface area contributed by atoms with Gasteiger partial charge in [-0.25, -0.2) is 0 Å². The molecule has 1 atom stereocenters. The largest absolute Gasteiger partial charge is 0.493 e. The number of hydrogen-bond acceptors (Lipinski definition) is 7. The molecule has 0 amide bonds. The van der Waals surface area contributed by atoms with Crippen molar-refractivity contribution in [1.82, 2.24) is 19.8 Å². The van der Waals surface area contributed by atoms with E-state index in [9.17, 15) is 4.79 Å². The van der Waals surface area contributed by atoms with Gasteiger partial charge < -0.3 is 14.6 Å². The van der Waals surface area contributed by atoms with E-state index in [2.05, 4.69) is 15.3 Å². The summed E-state index contributed by atoms with van der Waals surface area (Å²) < 4.78 is 12.1. The number of rotatable bonds is 6. The van der Waals surface area contributed by atoms with Crippen LogP contribution in [0.5, 0.6) is 11.5 Å². The summed E-state index contributed by atoms with van der Waals surface area (Å²) in [7, 11) is 3.13. The number of hydrogen-bond donors (Lipinski definition) is 1. The normalized spacial score (nSPS) is 12.1. The minimum absolute atomic E-state index is 0.529. The number of carboxylic acids is 1. The average Bonchev–Trinajstić information content (AvgIpc) is 3.04. The summed E-state index contributed by atoms with van der Waals surface area (Å²) in [6.45, 7) is 1.61. The first-order valence-corrected chi connectivity index (χ1v) is 8.25. The van der Waals surface area contributed by atoms with Crippen LogP contribution in [0.25, 0.3) is 17.0 Å². The molecule has 0 spiro atoms. The summed E-state index contributed by atoms with van der Waals surface area (Å²) in [5.74, 6) is 0.818. The quantitative estimate of drug-likeness (QED) is 0.669. The van der Waals surface area contributed by atoms with Crippen molar-refractivity contribution in [3.63, 3.8) is 0 Å². The van der Waals surface area contributed by atoms with Crippen LogP contribution in [-0.4, -0.2) is 50.4 Å². The van der Waals surface area contributed by atoms with Crippen molar-refractivity contribution < 1.29 is 19.4 Å². The molecule has 8 nitrogen and oxygen atoms in total. The van der Waals surface area contributed by atoms with E-state index in [4.69, 9.17) is 14.6 Å². The summed E-state index contributed by atoms with van der Waals surface area (Å²) in [5.41, 5.74) is 1.32. The van der Waals surface area contributed by atoms with Crippen LogP contribution in [-0.2, 0) is 4.79 Å². The molecule has 130 valence electrons. The van der Waals surface area contributed by atoms with Crippen molar-refractivity contribution in [1.29, 1.82) is 0 Å². The monoisotopic (exact) mass is 360 g/mol. The maximum atomic E-state index is 11.0. The molecule has 2 heterocycles. The van der Waals surface area contributed by atoms with Gasteiger partial charge in [-0.2, -0.15) is 9.61 Å². The lowest BCUT2D eigenvalue weighted by atomic mass is 10.2. The van der Waals surface area contributed by atoms with Gasteiger partial charge in [-0.3, -0.25) is 4.79 Å². The third-order valence-corrected chi connectivity index (χ3v) is 4.54. The Kier molecular flexibility index (Phi) is 4.75.